The molecule has 2 aromatic rings. The number of anilines is 1. The number of nitrogens with one attached hydrogen (secondary N) is 3. The number of rotatable bonds is 3. The summed E-state index contributed by atoms with van der Waals surface area (Å²) in [7, 11) is 0. The van der Waals surface area contributed by atoms with Crippen LogP contribution in [0.25, 0.3) is 11.3 Å². The molecule has 4 nitrogen and oxygen atoms in total. The van der Waals surface area contributed by atoms with Crippen LogP contribution in [0.15, 0.2) is 17.5 Å². The molecule has 3 N–H and O–H groups in total. The van der Waals surface area contributed by atoms with Crippen LogP contribution >= 0.6 is 22.9 Å². The Morgan fingerprint density at radius 1 is 1.47 bits per heavy atom. The molecule has 90 valence electrons. The number of halogens is 1. The molecule has 0 aliphatic carbocycles. The van der Waals surface area contributed by atoms with Crippen LogP contribution in [0.1, 0.15) is 6.42 Å². The average molecular weight is 269 g/mol. The van der Waals surface area contributed by atoms with Gasteiger partial charge in [0.25, 0.3) is 0 Å². The van der Waals surface area contributed by atoms with Gasteiger partial charge in [0, 0.05) is 29.6 Å². The molecule has 1 atom stereocenters. The summed E-state index contributed by atoms with van der Waals surface area (Å²) >= 11 is 7.44. The minimum atomic E-state index is 0.484. The fraction of sp³-hybridized carbons (Fsp3) is 0.364. The van der Waals surface area contributed by atoms with Gasteiger partial charge in [0.05, 0.1) is 10.0 Å². The molecule has 2 aromatic heterocycles. The van der Waals surface area contributed by atoms with Crippen LogP contribution < -0.4 is 10.6 Å². The molecule has 1 fully saturated rings. The van der Waals surface area contributed by atoms with E-state index in [9.17, 15) is 0 Å². The molecule has 1 saturated heterocycles. The minimum absolute atomic E-state index is 0.484. The second-order valence-corrected chi connectivity index (χ2v) is 5.68. The highest BCUT2D eigenvalue weighted by molar-refractivity contribution is 7.14. The SMILES string of the molecule is Clc1cc(-c2cc(NC3CCNC3)n[nH]2)cs1. The number of aromatic amines is 1. The van der Waals surface area contributed by atoms with E-state index in [-0.39, 0.29) is 0 Å². The van der Waals surface area contributed by atoms with Gasteiger partial charge in [-0.25, -0.2) is 0 Å². The summed E-state index contributed by atoms with van der Waals surface area (Å²) in [5, 5.41) is 16.0. The van der Waals surface area contributed by atoms with Gasteiger partial charge in [-0.05, 0) is 19.0 Å². The fourth-order valence-electron chi connectivity index (χ4n) is 1.98. The lowest BCUT2D eigenvalue weighted by atomic mass is 10.2. The molecule has 0 aromatic carbocycles. The molecular weight excluding hydrogens is 256 g/mol. The van der Waals surface area contributed by atoms with E-state index < -0.39 is 0 Å². The first kappa shape index (κ1) is 11.1. The van der Waals surface area contributed by atoms with Crippen molar-refractivity contribution >= 4 is 28.8 Å². The maximum Gasteiger partial charge on any atom is 0.148 e. The van der Waals surface area contributed by atoms with Crippen molar-refractivity contribution in [2.24, 2.45) is 0 Å². The topological polar surface area (TPSA) is 52.7 Å². The Hall–Kier alpha value is -1.04. The molecule has 0 saturated carbocycles. The van der Waals surface area contributed by atoms with E-state index in [2.05, 4.69) is 20.8 Å². The Morgan fingerprint density at radius 2 is 2.41 bits per heavy atom. The van der Waals surface area contributed by atoms with Gasteiger partial charge < -0.3 is 10.6 Å². The van der Waals surface area contributed by atoms with Crippen molar-refractivity contribution in [3.8, 4) is 11.3 Å². The highest BCUT2D eigenvalue weighted by Gasteiger charge is 2.15. The van der Waals surface area contributed by atoms with Crippen molar-refractivity contribution in [2.45, 2.75) is 12.5 Å². The predicted molar refractivity (Wildman–Crippen MR) is 71.8 cm³/mol. The van der Waals surface area contributed by atoms with Crippen LogP contribution in [0, 0.1) is 0 Å². The molecule has 0 radical (unpaired) electrons. The highest BCUT2D eigenvalue weighted by Crippen LogP contribution is 2.28. The van der Waals surface area contributed by atoms with Crippen LogP contribution in [0.4, 0.5) is 5.82 Å². The molecule has 0 spiro atoms. The lowest BCUT2D eigenvalue weighted by Gasteiger charge is -2.08. The Morgan fingerprint density at radius 3 is 3.12 bits per heavy atom. The smallest absolute Gasteiger partial charge is 0.148 e. The van der Waals surface area contributed by atoms with E-state index in [4.69, 9.17) is 11.6 Å². The quantitative estimate of drug-likeness (QED) is 0.802. The van der Waals surface area contributed by atoms with E-state index in [1.165, 1.54) is 11.3 Å². The van der Waals surface area contributed by atoms with Gasteiger partial charge in [-0.1, -0.05) is 11.6 Å². The molecule has 17 heavy (non-hydrogen) atoms. The van der Waals surface area contributed by atoms with Crippen LogP contribution in [-0.2, 0) is 0 Å². The van der Waals surface area contributed by atoms with Crippen molar-refractivity contribution in [2.75, 3.05) is 18.4 Å². The lowest BCUT2D eigenvalue weighted by Crippen LogP contribution is -2.22. The number of thiophene rings is 1. The van der Waals surface area contributed by atoms with E-state index in [0.717, 1.165) is 40.9 Å². The second kappa shape index (κ2) is 4.68. The summed E-state index contributed by atoms with van der Waals surface area (Å²) in [5.41, 5.74) is 2.09. The zero-order valence-corrected chi connectivity index (χ0v) is 10.7. The summed E-state index contributed by atoms with van der Waals surface area (Å²) in [6, 6.07) is 4.45. The largest absolute Gasteiger partial charge is 0.365 e. The van der Waals surface area contributed by atoms with Crippen molar-refractivity contribution in [1.29, 1.82) is 0 Å². The Bertz CT molecular complexity index is 501. The van der Waals surface area contributed by atoms with Crippen LogP contribution in [-0.4, -0.2) is 29.3 Å². The van der Waals surface area contributed by atoms with Gasteiger partial charge >= 0.3 is 0 Å². The standard InChI is InChI=1S/C11H13ClN4S/c12-10-3-7(6-17-10)9-4-11(16-15-9)14-8-1-2-13-5-8/h3-4,6,8,13H,1-2,5H2,(H2,14,15,16). The Kier molecular flexibility index (Phi) is 3.05. The van der Waals surface area contributed by atoms with Crippen molar-refractivity contribution in [3.63, 3.8) is 0 Å². The normalized spacial score (nSPS) is 19.7. The first-order valence-corrected chi connectivity index (χ1v) is 6.84. The third-order valence-electron chi connectivity index (χ3n) is 2.87. The fourth-order valence-corrected chi connectivity index (χ4v) is 2.86. The van der Waals surface area contributed by atoms with Crippen LogP contribution in [0.5, 0.6) is 0 Å². The first-order valence-electron chi connectivity index (χ1n) is 5.58. The van der Waals surface area contributed by atoms with E-state index in [0.29, 0.717) is 6.04 Å². The molecule has 3 rings (SSSR count). The molecule has 0 amide bonds. The molecule has 0 bridgehead atoms. The van der Waals surface area contributed by atoms with Gasteiger partial charge in [0.1, 0.15) is 5.82 Å². The Labute approximate surface area is 108 Å². The van der Waals surface area contributed by atoms with Crippen LogP contribution in [0.2, 0.25) is 4.34 Å². The van der Waals surface area contributed by atoms with Gasteiger partial charge in [-0.2, -0.15) is 5.10 Å². The molecular formula is C11H13ClN4S. The summed E-state index contributed by atoms with van der Waals surface area (Å²) in [6.07, 6.45) is 1.15. The molecule has 1 aliphatic heterocycles. The number of H-pyrrole nitrogens is 1. The van der Waals surface area contributed by atoms with Gasteiger partial charge in [0.15, 0.2) is 0 Å². The zero-order chi connectivity index (χ0) is 11.7. The number of aromatic nitrogens is 2. The van der Waals surface area contributed by atoms with Crippen molar-refractivity contribution < 1.29 is 0 Å². The maximum absolute atomic E-state index is 5.91. The molecule has 6 heteroatoms. The lowest BCUT2D eigenvalue weighted by molar-refractivity contribution is 0.786. The number of hydrogen-bond donors (Lipinski definition) is 3. The van der Waals surface area contributed by atoms with Crippen molar-refractivity contribution in [3.05, 3.63) is 21.8 Å². The average Bonchev–Trinajstić information content (AvgIpc) is 2.99. The number of hydrogen-bond acceptors (Lipinski definition) is 4. The minimum Gasteiger partial charge on any atom is -0.365 e. The molecule has 1 aliphatic rings. The molecule has 1 unspecified atom stereocenters. The number of nitrogens with zero attached hydrogens (tertiary/aromatic N) is 1. The van der Waals surface area contributed by atoms with Crippen LogP contribution in [0.3, 0.4) is 0 Å². The maximum atomic E-state index is 5.91. The summed E-state index contributed by atoms with van der Waals surface area (Å²) in [4.78, 5) is 0. The van der Waals surface area contributed by atoms with Gasteiger partial charge in [-0.15, -0.1) is 11.3 Å². The second-order valence-electron chi connectivity index (χ2n) is 4.14. The van der Waals surface area contributed by atoms with E-state index in [1.54, 1.807) is 0 Å². The summed E-state index contributed by atoms with van der Waals surface area (Å²) < 4.78 is 0.795. The Balaban J connectivity index is 1.73. The monoisotopic (exact) mass is 268 g/mol. The summed E-state index contributed by atoms with van der Waals surface area (Å²) in [6.45, 7) is 2.08. The first-order chi connectivity index (χ1) is 8.31. The molecule has 3 heterocycles. The third kappa shape index (κ3) is 2.46. The van der Waals surface area contributed by atoms with E-state index >= 15 is 0 Å². The zero-order valence-electron chi connectivity index (χ0n) is 9.16. The van der Waals surface area contributed by atoms with E-state index in [1.807, 2.05) is 17.5 Å². The highest BCUT2D eigenvalue weighted by atomic mass is 35.5. The predicted octanol–water partition coefficient (Wildman–Crippen LogP) is 2.57. The summed E-state index contributed by atoms with van der Waals surface area (Å²) in [5.74, 6) is 0.899. The van der Waals surface area contributed by atoms with Crippen molar-refractivity contribution in [1.82, 2.24) is 15.5 Å². The van der Waals surface area contributed by atoms with Gasteiger partial charge in [0.2, 0.25) is 0 Å². The van der Waals surface area contributed by atoms with Gasteiger partial charge in [-0.3, -0.25) is 5.10 Å². The third-order valence-corrected chi connectivity index (χ3v) is 3.96.